The van der Waals surface area contributed by atoms with Crippen LogP contribution in [0.5, 0.6) is 5.75 Å². The molecule has 4 rings (SSSR count). The Balaban J connectivity index is 1.56. The van der Waals surface area contributed by atoms with Crippen molar-refractivity contribution in [2.75, 3.05) is 19.7 Å². The maximum Gasteiger partial charge on any atom is 0.287 e. The molecule has 3 heterocycles. The number of nitrogens with zero attached hydrogens (tertiary/aromatic N) is 1. The first kappa shape index (κ1) is 18.1. The molecule has 0 unspecified atom stereocenters. The fraction of sp³-hybridized carbons (Fsp3) is 0.421. The first-order chi connectivity index (χ1) is 13.0. The lowest BCUT2D eigenvalue weighted by atomic mass is 10.0. The van der Waals surface area contributed by atoms with E-state index in [1.165, 1.54) is 10.4 Å². The third-order valence-corrected chi connectivity index (χ3v) is 7.05. The number of aryl methyl sites for hydroxylation is 1. The number of sulfonamides is 1. The van der Waals surface area contributed by atoms with Crippen molar-refractivity contribution in [3.63, 3.8) is 0 Å². The lowest BCUT2D eigenvalue weighted by molar-refractivity contribution is 0.0895. The summed E-state index contributed by atoms with van der Waals surface area (Å²) in [5.41, 5.74) is 0.908. The van der Waals surface area contributed by atoms with Crippen molar-refractivity contribution in [1.29, 1.82) is 0 Å². The summed E-state index contributed by atoms with van der Waals surface area (Å²) in [5.74, 6) is 0.568. The zero-order valence-corrected chi connectivity index (χ0v) is 15.9. The molecule has 27 heavy (non-hydrogen) atoms. The molecule has 1 N–H and O–H groups in total. The van der Waals surface area contributed by atoms with E-state index in [1.807, 2.05) is 24.3 Å². The molecule has 1 aromatic carbocycles. The number of furan rings is 1. The summed E-state index contributed by atoms with van der Waals surface area (Å²) < 4.78 is 38.1. The number of nitrogens with one attached hydrogen (secondary N) is 1. The third-order valence-electron chi connectivity index (χ3n) is 5.04. The van der Waals surface area contributed by atoms with Crippen molar-refractivity contribution in [2.24, 2.45) is 0 Å². The van der Waals surface area contributed by atoms with Crippen LogP contribution in [0.25, 0.3) is 0 Å². The van der Waals surface area contributed by atoms with Crippen molar-refractivity contribution in [3.8, 4) is 5.75 Å². The summed E-state index contributed by atoms with van der Waals surface area (Å²) in [7, 11) is -3.62. The molecule has 8 heteroatoms. The van der Waals surface area contributed by atoms with Crippen LogP contribution >= 0.6 is 0 Å². The molecule has 2 aliphatic heterocycles. The van der Waals surface area contributed by atoms with Crippen molar-refractivity contribution >= 4 is 15.9 Å². The molecule has 144 valence electrons. The summed E-state index contributed by atoms with van der Waals surface area (Å²) in [6.45, 7) is 3.10. The van der Waals surface area contributed by atoms with E-state index in [-0.39, 0.29) is 22.5 Å². The number of fused-ring (bicyclic) bond motifs is 1. The summed E-state index contributed by atoms with van der Waals surface area (Å²) in [5, 5.41) is 2.93. The van der Waals surface area contributed by atoms with E-state index >= 15 is 0 Å². The first-order valence-electron chi connectivity index (χ1n) is 9.10. The Morgan fingerprint density at radius 1 is 1.22 bits per heavy atom. The molecule has 1 fully saturated rings. The molecular formula is C19H22N2O5S. The molecule has 7 nitrogen and oxygen atoms in total. The van der Waals surface area contributed by atoms with Crippen molar-refractivity contribution in [3.05, 3.63) is 47.4 Å². The van der Waals surface area contributed by atoms with Crippen LogP contribution in [-0.4, -0.2) is 38.3 Å². The number of hydrogen-bond acceptors (Lipinski definition) is 5. The zero-order valence-electron chi connectivity index (χ0n) is 15.1. The molecule has 0 radical (unpaired) electrons. The monoisotopic (exact) mass is 390 g/mol. The molecule has 0 saturated carbocycles. The first-order valence-corrected chi connectivity index (χ1v) is 10.5. The van der Waals surface area contributed by atoms with Crippen LogP contribution < -0.4 is 10.1 Å². The average Bonchev–Trinajstić information content (AvgIpc) is 3.32. The number of para-hydroxylation sites is 1. The maximum atomic E-state index is 12.8. The second-order valence-electron chi connectivity index (χ2n) is 6.84. The van der Waals surface area contributed by atoms with Crippen LogP contribution in [0.15, 0.2) is 39.6 Å². The van der Waals surface area contributed by atoms with Gasteiger partial charge in [0, 0.05) is 31.1 Å². The van der Waals surface area contributed by atoms with E-state index in [0.29, 0.717) is 26.1 Å². The number of rotatable bonds is 4. The van der Waals surface area contributed by atoms with Gasteiger partial charge in [0.25, 0.3) is 5.91 Å². The molecule has 1 saturated heterocycles. The van der Waals surface area contributed by atoms with Crippen molar-refractivity contribution in [2.45, 2.75) is 37.1 Å². The van der Waals surface area contributed by atoms with Gasteiger partial charge in [0.2, 0.25) is 10.0 Å². The van der Waals surface area contributed by atoms with Crippen LogP contribution in [0.1, 0.15) is 47.2 Å². The fourth-order valence-electron chi connectivity index (χ4n) is 3.62. The van der Waals surface area contributed by atoms with Crippen molar-refractivity contribution in [1.82, 2.24) is 9.62 Å². The van der Waals surface area contributed by atoms with Gasteiger partial charge in [-0.1, -0.05) is 18.2 Å². The number of ether oxygens (including phenoxy) is 1. The van der Waals surface area contributed by atoms with Crippen LogP contribution in [0.4, 0.5) is 0 Å². The summed E-state index contributed by atoms with van der Waals surface area (Å²) in [4.78, 5) is 12.8. The highest BCUT2D eigenvalue weighted by Crippen LogP contribution is 2.32. The second-order valence-corrected chi connectivity index (χ2v) is 8.75. The molecule has 0 spiro atoms. The van der Waals surface area contributed by atoms with Gasteiger partial charge in [0.15, 0.2) is 5.76 Å². The highest BCUT2D eigenvalue weighted by molar-refractivity contribution is 7.89. The minimum Gasteiger partial charge on any atom is -0.493 e. The predicted octanol–water partition coefficient (Wildman–Crippen LogP) is 2.63. The van der Waals surface area contributed by atoms with Gasteiger partial charge < -0.3 is 14.5 Å². The SMILES string of the molecule is Cc1oc(C(=O)N[C@H]2CCOc3ccccc32)cc1S(=O)(=O)N1CCCC1. The fourth-order valence-corrected chi connectivity index (χ4v) is 5.30. The molecule has 2 aliphatic rings. The van der Waals surface area contributed by atoms with Gasteiger partial charge in [-0.2, -0.15) is 4.31 Å². The number of amides is 1. The Bertz CT molecular complexity index is 960. The molecule has 2 aromatic rings. The van der Waals surface area contributed by atoms with E-state index in [4.69, 9.17) is 9.15 Å². The highest BCUT2D eigenvalue weighted by atomic mass is 32.2. The van der Waals surface area contributed by atoms with Crippen LogP contribution in [0.2, 0.25) is 0 Å². The van der Waals surface area contributed by atoms with E-state index in [9.17, 15) is 13.2 Å². The second kappa shape index (κ2) is 7.01. The number of benzene rings is 1. The van der Waals surface area contributed by atoms with Crippen LogP contribution in [0.3, 0.4) is 0 Å². The van der Waals surface area contributed by atoms with Gasteiger partial charge in [-0.05, 0) is 25.8 Å². The molecule has 1 amide bonds. The van der Waals surface area contributed by atoms with Crippen LogP contribution in [-0.2, 0) is 10.0 Å². The average molecular weight is 390 g/mol. The topological polar surface area (TPSA) is 88.8 Å². The number of hydrogen-bond donors (Lipinski definition) is 1. The van der Waals surface area contributed by atoms with E-state index < -0.39 is 15.9 Å². The van der Waals surface area contributed by atoms with Crippen LogP contribution in [0, 0.1) is 6.92 Å². The lowest BCUT2D eigenvalue weighted by Gasteiger charge is -2.26. The standard InChI is InChI=1S/C19H22N2O5S/c1-13-18(27(23,24)21-9-4-5-10-21)12-17(26-13)19(22)20-15-8-11-25-16-7-3-2-6-14(15)16/h2-3,6-7,12,15H,4-5,8-11H2,1H3,(H,20,22)/t15-/m0/s1. The minimum absolute atomic E-state index is 0.00856. The predicted molar refractivity (Wildman–Crippen MR) is 98.2 cm³/mol. The van der Waals surface area contributed by atoms with Gasteiger partial charge in [-0.15, -0.1) is 0 Å². The molecule has 0 aliphatic carbocycles. The van der Waals surface area contributed by atoms with Gasteiger partial charge in [0.1, 0.15) is 16.4 Å². The maximum absolute atomic E-state index is 12.8. The zero-order chi connectivity index (χ0) is 19.0. The highest BCUT2D eigenvalue weighted by Gasteiger charge is 2.32. The Labute approximate surface area is 158 Å². The number of carbonyl (C=O) groups excluding carboxylic acids is 1. The summed E-state index contributed by atoms with van der Waals surface area (Å²) in [6.07, 6.45) is 2.35. The Hall–Kier alpha value is -2.32. The smallest absolute Gasteiger partial charge is 0.287 e. The van der Waals surface area contributed by atoms with Gasteiger partial charge in [-0.3, -0.25) is 4.79 Å². The van der Waals surface area contributed by atoms with Gasteiger partial charge >= 0.3 is 0 Å². The van der Waals surface area contributed by atoms with E-state index in [0.717, 1.165) is 24.2 Å². The summed E-state index contributed by atoms with van der Waals surface area (Å²) >= 11 is 0. The Morgan fingerprint density at radius 2 is 1.96 bits per heavy atom. The molecule has 1 aromatic heterocycles. The van der Waals surface area contributed by atoms with E-state index in [2.05, 4.69) is 5.32 Å². The van der Waals surface area contributed by atoms with Crippen molar-refractivity contribution < 1.29 is 22.4 Å². The normalized spacial score (nSPS) is 20.1. The molecule has 0 bridgehead atoms. The minimum atomic E-state index is -3.62. The van der Waals surface area contributed by atoms with Gasteiger partial charge in [-0.25, -0.2) is 8.42 Å². The Kier molecular flexibility index (Phi) is 4.69. The quantitative estimate of drug-likeness (QED) is 0.867. The van der Waals surface area contributed by atoms with Gasteiger partial charge in [0.05, 0.1) is 12.6 Å². The third kappa shape index (κ3) is 3.35. The Morgan fingerprint density at radius 3 is 2.74 bits per heavy atom. The molecular weight excluding hydrogens is 368 g/mol. The number of carbonyl (C=O) groups is 1. The molecule has 1 atom stereocenters. The lowest BCUT2D eigenvalue weighted by Crippen LogP contribution is -2.32. The summed E-state index contributed by atoms with van der Waals surface area (Å²) in [6, 6.07) is 8.69. The van der Waals surface area contributed by atoms with E-state index in [1.54, 1.807) is 6.92 Å². The largest absolute Gasteiger partial charge is 0.493 e.